The Morgan fingerprint density at radius 2 is 1.63 bits per heavy atom. The molecule has 6 heteroatoms. The van der Waals surface area contributed by atoms with Crippen LogP contribution in [0.2, 0.25) is 0 Å². The lowest BCUT2D eigenvalue weighted by Crippen LogP contribution is -2.45. The molecule has 6 nitrogen and oxygen atoms in total. The molecule has 2 aromatic carbocycles. The van der Waals surface area contributed by atoms with Gasteiger partial charge in [0.25, 0.3) is 0 Å². The van der Waals surface area contributed by atoms with E-state index in [-0.39, 0.29) is 30.1 Å². The standard InChI is InChI=1S/C29H39N3O3/c1-18(2)21-11-9-12-22(19(3)4)27(21)35-26(33)15-29(5,6)17-32-28(34)24(30)14-20-16-31-25-13-8-7-10-23(20)25/h7-13,16,18-19,24,31H,14-15,17,30H2,1-6H3,(H,32,34)/t24-/m0/s1. The van der Waals surface area contributed by atoms with Gasteiger partial charge in [0.1, 0.15) is 5.75 Å². The summed E-state index contributed by atoms with van der Waals surface area (Å²) in [7, 11) is 0. The summed E-state index contributed by atoms with van der Waals surface area (Å²) in [5.74, 6) is 0.610. The molecule has 1 aromatic heterocycles. The van der Waals surface area contributed by atoms with E-state index in [1.165, 1.54) is 0 Å². The van der Waals surface area contributed by atoms with E-state index in [1.807, 2.05) is 62.5 Å². The summed E-state index contributed by atoms with van der Waals surface area (Å²) in [4.78, 5) is 28.8. The Balaban J connectivity index is 1.59. The molecule has 35 heavy (non-hydrogen) atoms. The van der Waals surface area contributed by atoms with Gasteiger partial charge in [-0.2, -0.15) is 0 Å². The van der Waals surface area contributed by atoms with Crippen LogP contribution >= 0.6 is 0 Å². The number of aromatic nitrogens is 1. The molecule has 1 amide bonds. The normalized spacial score (nSPS) is 12.8. The molecule has 3 rings (SSSR count). The van der Waals surface area contributed by atoms with Crippen LogP contribution in [0.25, 0.3) is 10.9 Å². The number of nitrogens with two attached hydrogens (primary N) is 1. The molecule has 4 N–H and O–H groups in total. The molecule has 0 aliphatic heterocycles. The summed E-state index contributed by atoms with van der Waals surface area (Å²) in [6, 6.07) is 13.3. The molecule has 0 saturated heterocycles. The van der Waals surface area contributed by atoms with Gasteiger partial charge in [0, 0.05) is 23.6 Å². The van der Waals surface area contributed by atoms with Crippen molar-refractivity contribution in [3.63, 3.8) is 0 Å². The van der Waals surface area contributed by atoms with Crippen molar-refractivity contribution in [2.24, 2.45) is 11.1 Å². The molecule has 0 aliphatic rings. The maximum Gasteiger partial charge on any atom is 0.311 e. The Kier molecular flexibility index (Phi) is 8.39. The van der Waals surface area contributed by atoms with Gasteiger partial charge in [-0.3, -0.25) is 9.59 Å². The topological polar surface area (TPSA) is 97.2 Å². The maximum atomic E-state index is 12.9. The molecule has 1 atom stereocenters. The SMILES string of the molecule is CC(C)c1cccc(C(C)C)c1OC(=O)CC(C)(C)CNC(=O)[C@@H](N)Cc1c[nH]c2ccccc12. The van der Waals surface area contributed by atoms with E-state index in [0.717, 1.165) is 27.6 Å². The van der Waals surface area contributed by atoms with Crippen molar-refractivity contribution in [2.75, 3.05) is 6.54 Å². The number of fused-ring (bicyclic) bond motifs is 1. The molecule has 0 aliphatic carbocycles. The van der Waals surface area contributed by atoms with Crippen molar-refractivity contribution in [2.45, 2.75) is 72.3 Å². The first-order valence-corrected chi connectivity index (χ1v) is 12.4. The van der Waals surface area contributed by atoms with Crippen LogP contribution in [0.1, 0.15) is 76.5 Å². The lowest BCUT2D eigenvalue weighted by atomic mass is 9.89. The quantitative estimate of drug-likeness (QED) is 0.268. The van der Waals surface area contributed by atoms with Crippen LogP contribution in [0.4, 0.5) is 0 Å². The molecule has 1 heterocycles. The zero-order valence-corrected chi connectivity index (χ0v) is 21.8. The van der Waals surface area contributed by atoms with Crippen LogP contribution in [-0.2, 0) is 16.0 Å². The summed E-state index contributed by atoms with van der Waals surface area (Å²) in [6.07, 6.45) is 2.51. The highest BCUT2D eigenvalue weighted by atomic mass is 16.5. The number of ether oxygens (including phenoxy) is 1. The highest BCUT2D eigenvalue weighted by molar-refractivity contribution is 5.86. The lowest BCUT2D eigenvalue weighted by Gasteiger charge is -2.26. The third kappa shape index (κ3) is 6.73. The number of rotatable bonds is 10. The number of carbonyl (C=O) groups excluding carboxylic acids is 2. The van der Waals surface area contributed by atoms with Gasteiger partial charge < -0.3 is 20.8 Å². The van der Waals surface area contributed by atoms with Gasteiger partial charge in [0.05, 0.1) is 12.5 Å². The summed E-state index contributed by atoms with van der Waals surface area (Å²) < 4.78 is 5.92. The molecule has 0 unspecified atom stereocenters. The molecule has 188 valence electrons. The van der Waals surface area contributed by atoms with E-state index >= 15 is 0 Å². The van der Waals surface area contributed by atoms with Crippen LogP contribution in [0.15, 0.2) is 48.7 Å². The molecule has 0 bridgehead atoms. The third-order valence-electron chi connectivity index (χ3n) is 6.35. The van der Waals surface area contributed by atoms with E-state index in [4.69, 9.17) is 10.5 Å². The number of para-hydroxylation sites is 2. The van der Waals surface area contributed by atoms with E-state index in [0.29, 0.717) is 18.7 Å². The minimum atomic E-state index is -0.677. The van der Waals surface area contributed by atoms with Gasteiger partial charge in [-0.15, -0.1) is 0 Å². The van der Waals surface area contributed by atoms with Crippen molar-refractivity contribution < 1.29 is 14.3 Å². The fraction of sp³-hybridized carbons (Fsp3) is 0.448. The Labute approximate surface area is 208 Å². The van der Waals surface area contributed by atoms with E-state index in [2.05, 4.69) is 38.0 Å². The fourth-order valence-corrected chi connectivity index (χ4v) is 4.29. The fourth-order valence-electron chi connectivity index (χ4n) is 4.29. The van der Waals surface area contributed by atoms with Crippen LogP contribution in [0.5, 0.6) is 5.75 Å². The van der Waals surface area contributed by atoms with Crippen LogP contribution in [0, 0.1) is 5.41 Å². The summed E-state index contributed by atoms with van der Waals surface area (Å²) in [5, 5.41) is 4.00. The first-order valence-electron chi connectivity index (χ1n) is 12.4. The molecule has 0 saturated carbocycles. The number of H-pyrrole nitrogens is 1. The predicted molar refractivity (Wildman–Crippen MR) is 142 cm³/mol. The monoisotopic (exact) mass is 477 g/mol. The van der Waals surface area contributed by atoms with Crippen LogP contribution in [0.3, 0.4) is 0 Å². The third-order valence-corrected chi connectivity index (χ3v) is 6.35. The predicted octanol–water partition coefficient (Wildman–Crippen LogP) is 5.42. The molecular formula is C29H39N3O3. The minimum Gasteiger partial charge on any atom is -0.426 e. The number of nitrogens with one attached hydrogen (secondary N) is 2. The van der Waals surface area contributed by atoms with Crippen molar-refractivity contribution >= 4 is 22.8 Å². The Bertz CT molecular complexity index is 1150. The molecule has 0 spiro atoms. The number of amides is 1. The van der Waals surface area contributed by atoms with Gasteiger partial charge in [0.2, 0.25) is 5.91 Å². The molecular weight excluding hydrogens is 438 g/mol. The van der Waals surface area contributed by atoms with Gasteiger partial charge in [-0.1, -0.05) is 77.9 Å². The van der Waals surface area contributed by atoms with Gasteiger partial charge >= 0.3 is 5.97 Å². The summed E-state index contributed by atoms with van der Waals surface area (Å²) in [5.41, 5.74) is 9.80. The Morgan fingerprint density at radius 1 is 1.00 bits per heavy atom. The van der Waals surface area contributed by atoms with E-state index < -0.39 is 11.5 Å². The number of aromatic amines is 1. The zero-order valence-electron chi connectivity index (χ0n) is 21.8. The van der Waals surface area contributed by atoms with Crippen molar-refractivity contribution in [3.05, 3.63) is 65.4 Å². The van der Waals surface area contributed by atoms with E-state index in [1.54, 1.807) is 0 Å². The minimum absolute atomic E-state index is 0.176. The first-order chi connectivity index (χ1) is 16.5. The maximum absolute atomic E-state index is 12.9. The van der Waals surface area contributed by atoms with Crippen molar-refractivity contribution in [3.8, 4) is 5.75 Å². The smallest absolute Gasteiger partial charge is 0.311 e. The average molecular weight is 478 g/mol. The first kappa shape index (κ1) is 26.5. The highest BCUT2D eigenvalue weighted by Crippen LogP contribution is 2.35. The van der Waals surface area contributed by atoms with Crippen LogP contribution < -0.4 is 15.8 Å². The second-order valence-electron chi connectivity index (χ2n) is 10.8. The Hall–Kier alpha value is -3.12. The number of esters is 1. The highest BCUT2D eigenvalue weighted by Gasteiger charge is 2.27. The average Bonchev–Trinajstić information content (AvgIpc) is 3.19. The number of benzene rings is 2. The van der Waals surface area contributed by atoms with Gasteiger partial charge in [-0.05, 0) is 46.4 Å². The number of hydrogen-bond acceptors (Lipinski definition) is 4. The molecule has 0 radical (unpaired) electrons. The number of carbonyl (C=O) groups is 2. The Morgan fingerprint density at radius 3 is 2.26 bits per heavy atom. The van der Waals surface area contributed by atoms with Crippen molar-refractivity contribution in [1.82, 2.24) is 10.3 Å². The lowest BCUT2D eigenvalue weighted by molar-refractivity contribution is -0.137. The zero-order chi connectivity index (χ0) is 25.8. The summed E-state index contributed by atoms with van der Waals surface area (Å²) in [6.45, 7) is 12.6. The van der Waals surface area contributed by atoms with Gasteiger partial charge in [0.15, 0.2) is 0 Å². The largest absolute Gasteiger partial charge is 0.426 e. The van der Waals surface area contributed by atoms with E-state index in [9.17, 15) is 9.59 Å². The molecule has 3 aromatic rings. The molecule has 0 fully saturated rings. The second-order valence-corrected chi connectivity index (χ2v) is 10.8. The van der Waals surface area contributed by atoms with Gasteiger partial charge in [-0.25, -0.2) is 0 Å². The van der Waals surface area contributed by atoms with Crippen LogP contribution in [-0.4, -0.2) is 29.4 Å². The van der Waals surface area contributed by atoms with Crippen molar-refractivity contribution in [1.29, 1.82) is 0 Å². The second kappa shape index (κ2) is 11.1. The number of hydrogen-bond donors (Lipinski definition) is 3. The summed E-state index contributed by atoms with van der Waals surface area (Å²) >= 11 is 0.